The van der Waals surface area contributed by atoms with Crippen LogP contribution in [0, 0.1) is 13.8 Å². The topological polar surface area (TPSA) is 84.9 Å². The second-order valence-electron chi connectivity index (χ2n) is 6.43. The first kappa shape index (κ1) is 19.0. The number of nitrogens with zero attached hydrogens (tertiary/aromatic N) is 1. The Labute approximate surface area is 158 Å². The van der Waals surface area contributed by atoms with Crippen LogP contribution in [0.15, 0.2) is 36.4 Å². The van der Waals surface area contributed by atoms with Crippen molar-refractivity contribution in [3.63, 3.8) is 0 Å². The van der Waals surface area contributed by atoms with Crippen molar-refractivity contribution < 1.29 is 22.7 Å². The fraction of sp³-hybridized carbons (Fsp3) is 0.316. The first-order valence-electron chi connectivity index (χ1n) is 8.48. The predicted molar refractivity (Wildman–Crippen MR) is 103 cm³/mol. The SMILES string of the molecule is Cc1ccc(C(=O)NCCN(c2ccc3c(c2)OCO3)S(C)(=O)=O)cc1C. The number of rotatable bonds is 6. The van der Waals surface area contributed by atoms with Crippen LogP contribution in [0.5, 0.6) is 11.5 Å². The number of hydrogen-bond donors (Lipinski definition) is 1. The zero-order valence-corrected chi connectivity index (χ0v) is 16.3. The van der Waals surface area contributed by atoms with Gasteiger partial charge in [0.1, 0.15) is 0 Å². The third-order valence-corrected chi connectivity index (χ3v) is 5.61. The molecule has 0 unspecified atom stereocenters. The van der Waals surface area contributed by atoms with Crippen molar-refractivity contribution in [3.05, 3.63) is 53.1 Å². The van der Waals surface area contributed by atoms with Crippen molar-refractivity contribution in [2.45, 2.75) is 13.8 Å². The van der Waals surface area contributed by atoms with Crippen LogP contribution in [0.2, 0.25) is 0 Å². The van der Waals surface area contributed by atoms with Gasteiger partial charge in [0.05, 0.1) is 18.5 Å². The summed E-state index contributed by atoms with van der Waals surface area (Å²) in [5.74, 6) is 0.841. The van der Waals surface area contributed by atoms with E-state index in [1.165, 1.54) is 4.31 Å². The van der Waals surface area contributed by atoms with Crippen LogP contribution < -0.4 is 19.1 Å². The molecule has 2 aromatic rings. The molecule has 0 saturated carbocycles. The second-order valence-corrected chi connectivity index (χ2v) is 8.33. The Bertz CT molecular complexity index is 972. The molecule has 1 N–H and O–H groups in total. The number of carbonyl (C=O) groups is 1. The molecule has 0 radical (unpaired) electrons. The lowest BCUT2D eigenvalue weighted by Crippen LogP contribution is -2.38. The van der Waals surface area contributed by atoms with Crippen molar-refractivity contribution in [3.8, 4) is 11.5 Å². The van der Waals surface area contributed by atoms with Gasteiger partial charge in [0.2, 0.25) is 16.8 Å². The molecule has 0 spiro atoms. The van der Waals surface area contributed by atoms with Crippen molar-refractivity contribution in [1.29, 1.82) is 0 Å². The molecule has 0 fully saturated rings. The molecule has 0 saturated heterocycles. The Morgan fingerprint density at radius 2 is 1.81 bits per heavy atom. The normalized spacial score (nSPS) is 12.7. The van der Waals surface area contributed by atoms with Crippen molar-refractivity contribution in [1.82, 2.24) is 5.32 Å². The summed E-state index contributed by atoms with van der Waals surface area (Å²) in [4.78, 5) is 12.3. The highest BCUT2D eigenvalue weighted by Crippen LogP contribution is 2.35. The van der Waals surface area contributed by atoms with Crippen LogP contribution in [0.1, 0.15) is 21.5 Å². The van der Waals surface area contributed by atoms with E-state index in [0.29, 0.717) is 22.7 Å². The zero-order chi connectivity index (χ0) is 19.6. The number of carbonyl (C=O) groups excluding carboxylic acids is 1. The van der Waals surface area contributed by atoms with E-state index in [-0.39, 0.29) is 25.8 Å². The minimum absolute atomic E-state index is 0.106. The molecular formula is C19H22N2O5S. The van der Waals surface area contributed by atoms with E-state index in [4.69, 9.17) is 9.47 Å². The summed E-state index contributed by atoms with van der Waals surface area (Å²) in [6.45, 7) is 4.32. The molecule has 3 rings (SSSR count). The molecule has 1 aliphatic heterocycles. The van der Waals surface area contributed by atoms with Gasteiger partial charge in [-0.05, 0) is 49.2 Å². The Hall–Kier alpha value is -2.74. The fourth-order valence-corrected chi connectivity index (χ4v) is 3.70. The predicted octanol–water partition coefficient (Wildman–Crippen LogP) is 2.23. The standard InChI is InChI=1S/C19H22N2O5S/c1-13-4-5-15(10-14(13)2)19(22)20-8-9-21(27(3,23)24)16-6-7-17-18(11-16)26-12-25-17/h4-7,10-11H,8-9,12H2,1-3H3,(H,20,22). The number of aryl methyl sites for hydroxylation is 2. The first-order valence-corrected chi connectivity index (χ1v) is 10.3. The summed E-state index contributed by atoms with van der Waals surface area (Å²) in [6.07, 6.45) is 1.13. The molecule has 1 amide bonds. The molecule has 8 heteroatoms. The minimum Gasteiger partial charge on any atom is -0.454 e. The maximum Gasteiger partial charge on any atom is 0.251 e. The van der Waals surface area contributed by atoms with Gasteiger partial charge in [-0.1, -0.05) is 6.07 Å². The monoisotopic (exact) mass is 390 g/mol. The largest absolute Gasteiger partial charge is 0.454 e. The van der Waals surface area contributed by atoms with Crippen LogP contribution in [0.25, 0.3) is 0 Å². The molecule has 1 heterocycles. The Morgan fingerprint density at radius 3 is 2.52 bits per heavy atom. The van der Waals surface area contributed by atoms with Crippen LogP contribution in [0.3, 0.4) is 0 Å². The maximum atomic E-state index is 12.3. The Morgan fingerprint density at radius 1 is 1.07 bits per heavy atom. The highest BCUT2D eigenvalue weighted by atomic mass is 32.2. The molecule has 2 aromatic carbocycles. The van der Waals surface area contributed by atoms with Gasteiger partial charge in [0.25, 0.3) is 5.91 Å². The van der Waals surface area contributed by atoms with E-state index in [2.05, 4.69) is 5.32 Å². The highest BCUT2D eigenvalue weighted by molar-refractivity contribution is 7.92. The molecule has 27 heavy (non-hydrogen) atoms. The highest BCUT2D eigenvalue weighted by Gasteiger charge is 2.21. The average Bonchev–Trinajstić information content (AvgIpc) is 3.07. The number of fused-ring (bicyclic) bond motifs is 1. The first-order chi connectivity index (χ1) is 12.8. The average molecular weight is 390 g/mol. The number of amides is 1. The summed E-state index contributed by atoms with van der Waals surface area (Å²) >= 11 is 0. The van der Waals surface area contributed by atoms with E-state index in [1.54, 1.807) is 24.3 Å². The lowest BCUT2D eigenvalue weighted by molar-refractivity contribution is 0.0954. The number of nitrogens with one attached hydrogen (secondary N) is 1. The summed E-state index contributed by atoms with van der Waals surface area (Å²) < 4.78 is 36.2. The van der Waals surface area contributed by atoms with Gasteiger partial charge in [-0.2, -0.15) is 0 Å². The maximum absolute atomic E-state index is 12.3. The van der Waals surface area contributed by atoms with Crippen LogP contribution in [0.4, 0.5) is 5.69 Å². The van der Waals surface area contributed by atoms with Gasteiger partial charge in [-0.3, -0.25) is 9.10 Å². The lowest BCUT2D eigenvalue weighted by Gasteiger charge is -2.22. The molecule has 0 aliphatic carbocycles. The smallest absolute Gasteiger partial charge is 0.251 e. The van der Waals surface area contributed by atoms with Crippen LogP contribution in [-0.4, -0.2) is 40.5 Å². The van der Waals surface area contributed by atoms with Gasteiger partial charge in [0, 0.05) is 18.2 Å². The quantitative estimate of drug-likeness (QED) is 0.818. The van der Waals surface area contributed by atoms with Crippen LogP contribution >= 0.6 is 0 Å². The van der Waals surface area contributed by atoms with E-state index in [1.807, 2.05) is 26.0 Å². The number of benzene rings is 2. The van der Waals surface area contributed by atoms with E-state index < -0.39 is 10.0 Å². The second kappa shape index (κ2) is 7.48. The third-order valence-electron chi connectivity index (χ3n) is 4.41. The molecule has 0 atom stereocenters. The summed E-state index contributed by atoms with van der Waals surface area (Å²) in [7, 11) is -3.52. The molecule has 1 aliphatic rings. The molecule has 7 nitrogen and oxygen atoms in total. The summed E-state index contributed by atoms with van der Waals surface area (Å²) in [6, 6.07) is 10.4. The molecule has 144 valence electrons. The van der Waals surface area contributed by atoms with E-state index >= 15 is 0 Å². The van der Waals surface area contributed by atoms with Gasteiger partial charge < -0.3 is 14.8 Å². The summed E-state index contributed by atoms with van der Waals surface area (Å²) in [5.41, 5.74) is 3.15. The number of sulfonamides is 1. The lowest BCUT2D eigenvalue weighted by atomic mass is 10.1. The summed E-state index contributed by atoms with van der Waals surface area (Å²) in [5, 5.41) is 2.77. The Kier molecular flexibility index (Phi) is 5.27. The third kappa shape index (κ3) is 4.33. The zero-order valence-electron chi connectivity index (χ0n) is 15.5. The van der Waals surface area contributed by atoms with Crippen LogP contribution in [-0.2, 0) is 10.0 Å². The fourth-order valence-electron chi connectivity index (χ4n) is 2.78. The van der Waals surface area contributed by atoms with Gasteiger partial charge in [0.15, 0.2) is 11.5 Å². The number of anilines is 1. The van der Waals surface area contributed by atoms with Gasteiger partial charge >= 0.3 is 0 Å². The number of ether oxygens (including phenoxy) is 2. The van der Waals surface area contributed by atoms with Crippen molar-refractivity contribution >= 4 is 21.6 Å². The van der Waals surface area contributed by atoms with Gasteiger partial charge in [-0.15, -0.1) is 0 Å². The van der Waals surface area contributed by atoms with E-state index in [0.717, 1.165) is 17.4 Å². The van der Waals surface area contributed by atoms with Gasteiger partial charge in [-0.25, -0.2) is 8.42 Å². The van der Waals surface area contributed by atoms with Crippen molar-refractivity contribution in [2.24, 2.45) is 0 Å². The molecule has 0 aromatic heterocycles. The number of hydrogen-bond acceptors (Lipinski definition) is 5. The van der Waals surface area contributed by atoms with E-state index in [9.17, 15) is 13.2 Å². The Balaban J connectivity index is 1.69. The van der Waals surface area contributed by atoms with Crippen molar-refractivity contribution in [2.75, 3.05) is 30.4 Å². The molecule has 0 bridgehead atoms. The minimum atomic E-state index is -3.52. The molecular weight excluding hydrogens is 368 g/mol.